The Morgan fingerprint density at radius 1 is 1.56 bits per heavy atom. The Balaban J connectivity index is 1.87. The van der Waals surface area contributed by atoms with Gasteiger partial charge in [-0.15, -0.1) is 0 Å². The van der Waals surface area contributed by atoms with Gasteiger partial charge >= 0.3 is 0 Å². The van der Waals surface area contributed by atoms with Crippen molar-refractivity contribution in [2.24, 2.45) is 5.92 Å². The van der Waals surface area contributed by atoms with Gasteiger partial charge in [0.25, 0.3) is 0 Å². The molecule has 88 valence electrons. The number of nitrogens with zero attached hydrogens (tertiary/aromatic N) is 1. The second-order valence-electron chi connectivity index (χ2n) is 4.47. The van der Waals surface area contributed by atoms with Gasteiger partial charge in [-0.2, -0.15) is 0 Å². The van der Waals surface area contributed by atoms with Crippen molar-refractivity contribution in [1.82, 2.24) is 4.98 Å². The largest absolute Gasteiger partial charge is 0.378 e. The van der Waals surface area contributed by atoms with E-state index >= 15 is 0 Å². The van der Waals surface area contributed by atoms with Gasteiger partial charge in [0.2, 0.25) is 0 Å². The molecule has 0 bridgehead atoms. The van der Waals surface area contributed by atoms with E-state index in [1.807, 2.05) is 12.3 Å². The Morgan fingerprint density at radius 3 is 3.19 bits per heavy atom. The molecule has 2 unspecified atom stereocenters. The average Bonchev–Trinajstić information content (AvgIpc) is 2.74. The molecule has 3 heteroatoms. The van der Waals surface area contributed by atoms with Crippen molar-refractivity contribution in [3.8, 4) is 0 Å². The molecule has 1 aromatic rings. The highest BCUT2D eigenvalue weighted by molar-refractivity contribution is 5.36. The molecule has 1 aliphatic heterocycles. The maximum Gasteiger partial charge on any atom is 0.126 e. The molecule has 1 fully saturated rings. The molecule has 1 aliphatic rings. The van der Waals surface area contributed by atoms with Crippen molar-refractivity contribution in [3.05, 3.63) is 23.9 Å². The van der Waals surface area contributed by atoms with Gasteiger partial charge in [0.15, 0.2) is 0 Å². The minimum Gasteiger partial charge on any atom is -0.378 e. The first-order valence-corrected chi connectivity index (χ1v) is 6.07. The zero-order valence-corrected chi connectivity index (χ0v) is 10.1. The predicted octanol–water partition coefficient (Wildman–Crippen LogP) is 2.62. The standard InChI is InChI=1S/C13H20N2O/c1-3-12-11(5-7-16-12)9-15-13-8-10(2)4-6-14-13/h4,6,8,11-12H,3,5,7,9H2,1-2H3,(H,14,15). The third-order valence-electron chi connectivity index (χ3n) is 3.21. The van der Waals surface area contributed by atoms with Crippen molar-refractivity contribution in [3.63, 3.8) is 0 Å². The number of aryl methyl sites for hydroxylation is 1. The van der Waals surface area contributed by atoms with E-state index in [9.17, 15) is 0 Å². The maximum absolute atomic E-state index is 5.67. The second kappa shape index (κ2) is 5.30. The number of hydrogen-bond acceptors (Lipinski definition) is 3. The molecule has 0 saturated carbocycles. The molecular formula is C13H20N2O. The number of anilines is 1. The Hall–Kier alpha value is -1.09. The highest BCUT2D eigenvalue weighted by Crippen LogP contribution is 2.23. The quantitative estimate of drug-likeness (QED) is 0.847. The van der Waals surface area contributed by atoms with E-state index < -0.39 is 0 Å². The summed E-state index contributed by atoms with van der Waals surface area (Å²) in [5.74, 6) is 1.61. The van der Waals surface area contributed by atoms with Gasteiger partial charge in [0.1, 0.15) is 5.82 Å². The summed E-state index contributed by atoms with van der Waals surface area (Å²) in [7, 11) is 0. The fraction of sp³-hybridized carbons (Fsp3) is 0.615. The fourth-order valence-corrected chi connectivity index (χ4v) is 2.25. The van der Waals surface area contributed by atoms with Gasteiger partial charge in [-0.1, -0.05) is 6.92 Å². The molecule has 0 aromatic carbocycles. The molecule has 16 heavy (non-hydrogen) atoms. The van der Waals surface area contributed by atoms with E-state index in [0.717, 1.165) is 31.8 Å². The van der Waals surface area contributed by atoms with Crippen LogP contribution in [0.15, 0.2) is 18.3 Å². The zero-order valence-electron chi connectivity index (χ0n) is 10.1. The van der Waals surface area contributed by atoms with Gasteiger partial charge in [-0.05, 0) is 37.5 Å². The van der Waals surface area contributed by atoms with Gasteiger partial charge in [-0.3, -0.25) is 0 Å². The van der Waals surface area contributed by atoms with E-state index in [2.05, 4.69) is 30.2 Å². The zero-order chi connectivity index (χ0) is 11.4. The van der Waals surface area contributed by atoms with Crippen molar-refractivity contribution in [2.45, 2.75) is 32.8 Å². The molecule has 2 rings (SSSR count). The molecule has 1 N–H and O–H groups in total. The summed E-state index contributed by atoms with van der Waals surface area (Å²) in [5, 5.41) is 3.40. The molecule has 0 amide bonds. The van der Waals surface area contributed by atoms with Crippen molar-refractivity contribution in [1.29, 1.82) is 0 Å². The molecule has 1 aromatic heterocycles. The smallest absolute Gasteiger partial charge is 0.126 e. The van der Waals surface area contributed by atoms with Crippen LogP contribution in [0, 0.1) is 12.8 Å². The van der Waals surface area contributed by atoms with Crippen LogP contribution in [-0.2, 0) is 4.74 Å². The predicted molar refractivity (Wildman–Crippen MR) is 65.6 cm³/mol. The van der Waals surface area contributed by atoms with Crippen LogP contribution < -0.4 is 5.32 Å². The van der Waals surface area contributed by atoms with Gasteiger partial charge < -0.3 is 10.1 Å². The number of rotatable bonds is 4. The Kier molecular flexibility index (Phi) is 3.78. The van der Waals surface area contributed by atoms with Crippen LogP contribution in [0.1, 0.15) is 25.3 Å². The van der Waals surface area contributed by atoms with Crippen LogP contribution in [-0.4, -0.2) is 24.2 Å². The van der Waals surface area contributed by atoms with Crippen LogP contribution in [0.4, 0.5) is 5.82 Å². The lowest BCUT2D eigenvalue weighted by Gasteiger charge is -2.17. The average molecular weight is 220 g/mol. The van der Waals surface area contributed by atoms with Crippen molar-refractivity contribution < 1.29 is 4.74 Å². The van der Waals surface area contributed by atoms with E-state index in [1.54, 1.807) is 0 Å². The maximum atomic E-state index is 5.67. The van der Waals surface area contributed by atoms with Crippen LogP contribution >= 0.6 is 0 Å². The van der Waals surface area contributed by atoms with Crippen molar-refractivity contribution >= 4 is 5.82 Å². The first-order chi connectivity index (χ1) is 7.79. The lowest BCUT2D eigenvalue weighted by atomic mass is 10.00. The van der Waals surface area contributed by atoms with Crippen LogP contribution in [0.3, 0.4) is 0 Å². The molecule has 2 heterocycles. The SMILES string of the molecule is CCC1OCCC1CNc1cc(C)ccn1. The van der Waals surface area contributed by atoms with E-state index in [-0.39, 0.29) is 0 Å². The van der Waals surface area contributed by atoms with Gasteiger partial charge in [0, 0.05) is 25.3 Å². The molecule has 0 aliphatic carbocycles. The highest BCUT2D eigenvalue weighted by Gasteiger charge is 2.26. The molecule has 0 radical (unpaired) electrons. The normalized spacial score (nSPS) is 24.6. The minimum absolute atomic E-state index is 0.428. The van der Waals surface area contributed by atoms with E-state index in [4.69, 9.17) is 4.74 Å². The summed E-state index contributed by atoms with van der Waals surface area (Å²) in [5.41, 5.74) is 1.24. The number of ether oxygens (including phenoxy) is 1. The van der Waals surface area contributed by atoms with E-state index in [0.29, 0.717) is 12.0 Å². The minimum atomic E-state index is 0.428. The topological polar surface area (TPSA) is 34.1 Å². The lowest BCUT2D eigenvalue weighted by molar-refractivity contribution is 0.0900. The number of nitrogens with one attached hydrogen (secondary N) is 1. The van der Waals surface area contributed by atoms with Crippen molar-refractivity contribution in [2.75, 3.05) is 18.5 Å². The summed E-state index contributed by atoms with van der Waals surface area (Å²) in [6.07, 6.45) is 4.54. The summed E-state index contributed by atoms with van der Waals surface area (Å²) in [6, 6.07) is 4.09. The lowest BCUT2D eigenvalue weighted by Crippen LogP contribution is -2.23. The molecular weight excluding hydrogens is 200 g/mol. The summed E-state index contributed by atoms with van der Waals surface area (Å²) < 4.78 is 5.67. The van der Waals surface area contributed by atoms with Gasteiger partial charge in [-0.25, -0.2) is 4.98 Å². The number of pyridine rings is 1. The fourth-order valence-electron chi connectivity index (χ4n) is 2.25. The van der Waals surface area contributed by atoms with E-state index in [1.165, 1.54) is 5.56 Å². The molecule has 1 saturated heterocycles. The van der Waals surface area contributed by atoms with Crippen LogP contribution in [0.5, 0.6) is 0 Å². The number of aromatic nitrogens is 1. The highest BCUT2D eigenvalue weighted by atomic mass is 16.5. The second-order valence-corrected chi connectivity index (χ2v) is 4.47. The Bertz CT molecular complexity index is 340. The van der Waals surface area contributed by atoms with Crippen LogP contribution in [0.25, 0.3) is 0 Å². The molecule has 3 nitrogen and oxygen atoms in total. The number of hydrogen-bond donors (Lipinski definition) is 1. The first kappa shape index (κ1) is 11.4. The third kappa shape index (κ3) is 2.73. The Labute approximate surface area is 97.2 Å². The molecule has 2 atom stereocenters. The third-order valence-corrected chi connectivity index (χ3v) is 3.21. The Morgan fingerprint density at radius 2 is 2.44 bits per heavy atom. The summed E-state index contributed by atoms with van der Waals surface area (Å²) in [6.45, 7) is 6.15. The molecule has 0 spiro atoms. The summed E-state index contributed by atoms with van der Waals surface area (Å²) in [4.78, 5) is 4.30. The monoisotopic (exact) mass is 220 g/mol. The first-order valence-electron chi connectivity index (χ1n) is 6.07. The van der Waals surface area contributed by atoms with Crippen LogP contribution in [0.2, 0.25) is 0 Å². The van der Waals surface area contributed by atoms with Gasteiger partial charge in [0.05, 0.1) is 6.10 Å². The summed E-state index contributed by atoms with van der Waals surface area (Å²) >= 11 is 0.